The summed E-state index contributed by atoms with van der Waals surface area (Å²) in [6.07, 6.45) is 5.43. The summed E-state index contributed by atoms with van der Waals surface area (Å²) in [5.74, 6) is 2.91. The van der Waals surface area contributed by atoms with Crippen LogP contribution in [0.15, 0.2) is 4.99 Å². The van der Waals surface area contributed by atoms with E-state index in [-0.39, 0.29) is 36.5 Å². The van der Waals surface area contributed by atoms with Crippen molar-refractivity contribution in [3.05, 3.63) is 0 Å². The fraction of sp³-hybridized carbons (Fsp3) is 0.938. The molecule has 0 aliphatic heterocycles. The van der Waals surface area contributed by atoms with E-state index in [0.717, 1.165) is 30.9 Å². The molecule has 0 saturated heterocycles. The predicted octanol–water partition coefficient (Wildman–Crippen LogP) is 2.96. The molecular weight excluding hydrogens is 377 g/mol. The van der Waals surface area contributed by atoms with E-state index in [0.29, 0.717) is 6.54 Å². The molecule has 1 fully saturated rings. The Bertz CT molecular complexity index is 291. The number of aliphatic imine (C=N–C) groups is 1. The molecule has 21 heavy (non-hydrogen) atoms. The van der Waals surface area contributed by atoms with Crippen molar-refractivity contribution in [1.82, 2.24) is 10.2 Å². The van der Waals surface area contributed by atoms with E-state index >= 15 is 0 Å². The van der Waals surface area contributed by atoms with E-state index in [1.54, 1.807) is 0 Å². The summed E-state index contributed by atoms with van der Waals surface area (Å²) in [7, 11) is 2.13. The van der Waals surface area contributed by atoms with Gasteiger partial charge in [-0.05, 0) is 37.5 Å². The molecule has 0 spiro atoms. The number of guanidine groups is 1. The molecule has 0 amide bonds. The van der Waals surface area contributed by atoms with Gasteiger partial charge in [0, 0.05) is 33.3 Å². The van der Waals surface area contributed by atoms with Crippen molar-refractivity contribution < 1.29 is 5.11 Å². The first-order valence-corrected chi connectivity index (χ1v) is 8.17. The van der Waals surface area contributed by atoms with Gasteiger partial charge in [0.05, 0.1) is 0 Å². The van der Waals surface area contributed by atoms with Gasteiger partial charge in [-0.2, -0.15) is 0 Å². The van der Waals surface area contributed by atoms with Gasteiger partial charge in [0.15, 0.2) is 5.96 Å². The van der Waals surface area contributed by atoms with Crippen molar-refractivity contribution in [2.24, 2.45) is 22.7 Å². The van der Waals surface area contributed by atoms with Crippen molar-refractivity contribution in [1.29, 1.82) is 0 Å². The van der Waals surface area contributed by atoms with Gasteiger partial charge < -0.3 is 15.3 Å². The van der Waals surface area contributed by atoms with Crippen LogP contribution in [0.4, 0.5) is 0 Å². The second-order valence-corrected chi connectivity index (χ2v) is 6.49. The summed E-state index contributed by atoms with van der Waals surface area (Å²) in [5, 5.41) is 12.5. The van der Waals surface area contributed by atoms with Crippen LogP contribution in [0.5, 0.6) is 0 Å². The maximum Gasteiger partial charge on any atom is 0.193 e. The number of hydrogen-bond donors (Lipinski definition) is 2. The molecule has 0 radical (unpaired) electrons. The van der Waals surface area contributed by atoms with Crippen LogP contribution in [-0.4, -0.2) is 49.3 Å². The van der Waals surface area contributed by atoms with Gasteiger partial charge in [0.25, 0.3) is 0 Å². The predicted molar refractivity (Wildman–Crippen MR) is 101 cm³/mol. The highest BCUT2D eigenvalue weighted by molar-refractivity contribution is 14.0. The molecule has 1 rings (SSSR count). The summed E-state index contributed by atoms with van der Waals surface area (Å²) in [5.41, 5.74) is 0. The lowest BCUT2D eigenvalue weighted by molar-refractivity contribution is 0.239. The molecular formula is C16H34IN3O. The zero-order valence-corrected chi connectivity index (χ0v) is 16.5. The third-order valence-corrected chi connectivity index (χ3v) is 4.23. The van der Waals surface area contributed by atoms with Crippen LogP contribution < -0.4 is 5.32 Å². The minimum absolute atomic E-state index is 0. The molecule has 1 saturated carbocycles. The Morgan fingerprint density at radius 3 is 2.48 bits per heavy atom. The molecule has 1 atom stereocenters. The number of nitrogens with zero attached hydrogens (tertiary/aromatic N) is 2. The van der Waals surface area contributed by atoms with Gasteiger partial charge in [-0.15, -0.1) is 24.0 Å². The number of aliphatic hydroxyl groups excluding tert-OH is 1. The van der Waals surface area contributed by atoms with Crippen LogP contribution in [-0.2, 0) is 0 Å². The number of aliphatic hydroxyl groups is 1. The Labute approximate surface area is 147 Å². The Balaban J connectivity index is 0.00000400. The summed E-state index contributed by atoms with van der Waals surface area (Å²) in [6.45, 7) is 9.35. The monoisotopic (exact) mass is 411 g/mol. The van der Waals surface area contributed by atoms with Crippen LogP contribution in [0, 0.1) is 17.8 Å². The summed E-state index contributed by atoms with van der Waals surface area (Å²) >= 11 is 0. The van der Waals surface area contributed by atoms with Gasteiger partial charge in [-0.3, -0.25) is 4.99 Å². The number of halogens is 1. The zero-order chi connectivity index (χ0) is 15.0. The Kier molecular flexibility index (Phi) is 11.5. The standard InChI is InChI=1S/C16H33N3O.HI/c1-5-17-16(18-10-14(3)12-20)19(4)11-15-8-6-13(2)7-9-15;/h13-15,20H,5-12H2,1-4H3,(H,17,18);1H. The van der Waals surface area contributed by atoms with Crippen molar-refractivity contribution >= 4 is 29.9 Å². The summed E-state index contributed by atoms with van der Waals surface area (Å²) in [6, 6.07) is 0. The molecule has 0 bridgehead atoms. The van der Waals surface area contributed by atoms with Crippen molar-refractivity contribution in [3.63, 3.8) is 0 Å². The highest BCUT2D eigenvalue weighted by Crippen LogP contribution is 2.28. The van der Waals surface area contributed by atoms with E-state index in [1.165, 1.54) is 25.7 Å². The highest BCUT2D eigenvalue weighted by Gasteiger charge is 2.20. The lowest BCUT2D eigenvalue weighted by Gasteiger charge is -2.31. The lowest BCUT2D eigenvalue weighted by Crippen LogP contribution is -2.42. The molecule has 1 unspecified atom stereocenters. The van der Waals surface area contributed by atoms with Gasteiger partial charge in [-0.1, -0.05) is 26.7 Å². The second-order valence-electron chi connectivity index (χ2n) is 6.49. The lowest BCUT2D eigenvalue weighted by atomic mass is 9.83. The Morgan fingerprint density at radius 2 is 1.95 bits per heavy atom. The summed E-state index contributed by atoms with van der Waals surface area (Å²) in [4.78, 5) is 6.89. The number of nitrogens with one attached hydrogen (secondary N) is 1. The quantitative estimate of drug-likeness (QED) is 0.402. The van der Waals surface area contributed by atoms with Gasteiger partial charge in [0.1, 0.15) is 0 Å². The molecule has 2 N–H and O–H groups in total. The second kappa shape index (κ2) is 11.5. The fourth-order valence-corrected chi connectivity index (χ4v) is 2.76. The fourth-order valence-electron chi connectivity index (χ4n) is 2.76. The van der Waals surface area contributed by atoms with Crippen molar-refractivity contribution in [2.75, 3.05) is 33.3 Å². The van der Waals surface area contributed by atoms with E-state index in [1.807, 2.05) is 6.92 Å². The first-order valence-electron chi connectivity index (χ1n) is 8.17. The van der Waals surface area contributed by atoms with Crippen molar-refractivity contribution in [2.45, 2.75) is 46.5 Å². The average molecular weight is 411 g/mol. The molecule has 5 heteroatoms. The van der Waals surface area contributed by atoms with E-state index in [4.69, 9.17) is 5.11 Å². The Morgan fingerprint density at radius 1 is 1.33 bits per heavy atom. The first-order chi connectivity index (χ1) is 9.56. The van der Waals surface area contributed by atoms with Crippen LogP contribution in [0.25, 0.3) is 0 Å². The summed E-state index contributed by atoms with van der Waals surface area (Å²) < 4.78 is 0. The van der Waals surface area contributed by atoms with E-state index < -0.39 is 0 Å². The molecule has 0 heterocycles. The SMILES string of the molecule is CCNC(=NCC(C)CO)N(C)CC1CCC(C)CC1.I. The molecule has 0 aromatic carbocycles. The minimum atomic E-state index is 0. The maximum absolute atomic E-state index is 9.10. The zero-order valence-electron chi connectivity index (χ0n) is 14.1. The van der Waals surface area contributed by atoms with Gasteiger partial charge in [0.2, 0.25) is 0 Å². The smallest absolute Gasteiger partial charge is 0.193 e. The molecule has 4 nitrogen and oxygen atoms in total. The Hall–Kier alpha value is -0.0400. The van der Waals surface area contributed by atoms with E-state index in [2.05, 4.69) is 36.1 Å². The highest BCUT2D eigenvalue weighted by atomic mass is 127. The molecule has 0 aromatic heterocycles. The third kappa shape index (κ3) is 8.24. The molecule has 126 valence electrons. The number of rotatable bonds is 6. The normalized spacial score (nSPS) is 24.1. The van der Waals surface area contributed by atoms with Crippen LogP contribution in [0.3, 0.4) is 0 Å². The van der Waals surface area contributed by atoms with Gasteiger partial charge in [-0.25, -0.2) is 0 Å². The molecule has 0 aromatic rings. The van der Waals surface area contributed by atoms with Gasteiger partial charge >= 0.3 is 0 Å². The van der Waals surface area contributed by atoms with Crippen LogP contribution in [0.2, 0.25) is 0 Å². The maximum atomic E-state index is 9.10. The van der Waals surface area contributed by atoms with Crippen LogP contribution in [0.1, 0.15) is 46.5 Å². The third-order valence-electron chi connectivity index (χ3n) is 4.23. The topological polar surface area (TPSA) is 47.9 Å². The molecule has 1 aliphatic carbocycles. The largest absolute Gasteiger partial charge is 0.396 e. The van der Waals surface area contributed by atoms with Crippen molar-refractivity contribution in [3.8, 4) is 0 Å². The van der Waals surface area contributed by atoms with E-state index in [9.17, 15) is 0 Å². The molecule has 1 aliphatic rings. The van der Waals surface area contributed by atoms with Crippen LogP contribution >= 0.6 is 24.0 Å². The minimum Gasteiger partial charge on any atom is -0.396 e. The first kappa shape index (κ1) is 21.0. The number of hydrogen-bond acceptors (Lipinski definition) is 2. The average Bonchev–Trinajstić information content (AvgIpc) is 2.45.